The summed E-state index contributed by atoms with van der Waals surface area (Å²) in [5.74, 6) is -2.18. The highest BCUT2D eigenvalue weighted by Gasteiger charge is 2.15. The Labute approximate surface area is 76.4 Å². The Morgan fingerprint density at radius 2 is 2.18 bits per heavy atom. The highest BCUT2D eigenvalue weighted by atomic mass is 33.1. The lowest BCUT2D eigenvalue weighted by Gasteiger charge is -2.08. The molecule has 0 saturated carbocycles. The maximum Gasteiger partial charge on any atom is 0.310 e. The molecule has 1 atom stereocenters. The van der Waals surface area contributed by atoms with E-state index in [1.807, 2.05) is 0 Å². The zero-order valence-electron chi connectivity index (χ0n) is 6.10. The molecule has 0 N–H and O–H groups in total. The second-order valence-electron chi connectivity index (χ2n) is 1.64. The van der Waals surface area contributed by atoms with E-state index in [9.17, 15) is 4.57 Å². The van der Waals surface area contributed by atoms with Crippen molar-refractivity contribution in [2.24, 2.45) is 0 Å². The first kappa shape index (κ1) is 11.4. The molecule has 0 aliphatic rings. The Balaban J connectivity index is 3.69. The maximum atomic E-state index is 11.2. The number of rotatable bonds is 6. The largest absolute Gasteiger partial charge is 0.310 e. The third-order valence-electron chi connectivity index (χ3n) is 0.711. The van der Waals surface area contributed by atoms with Gasteiger partial charge in [0, 0.05) is 5.75 Å². The third-order valence-corrected chi connectivity index (χ3v) is 5.03. The van der Waals surface area contributed by atoms with Gasteiger partial charge in [0.1, 0.15) is 0 Å². The summed E-state index contributed by atoms with van der Waals surface area (Å²) >= 11 is 5.01. The Morgan fingerprint density at radius 3 is 2.64 bits per heavy atom. The molecular formula is C6H11O2PS2. The zero-order valence-corrected chi connectivity index (χ0v) is 8.71. The summed E-state index contributed by atoms with van der Waals surface area (Å²) < 4.78 is 16.1. The van der Waals surface area contributed by atoms with Crippen molar-refractivity contribution in [3.63, 3.8) is 0 Å². The fourth-order valence-corrected chi connectivity index (χ4v) is 3.08. The quantitative estimate of drug-likeness (QED) is 0.414. The Hall–Kier alpha value is 0.370. The van der Waals surface area contributed by atoms with Crippen LogP contribution in [0.5, 0.6) is 0 Å². The van der Waals surface area contributed by atoms with Crippen molar-refractivity contribution in [3.05, 3.63) is 25.3 Å². The number of thiol groups is 1. The van der Waals surface area contributed by atoms with Crippen LogP contribution in [0.3, 0.4) is 0 Å². The average molecular weight is 210 g/mol. The predicted octanol–water partition coefficient (Wildman–Crippen LogP) is 3.15. The smallest absolute Gasteiger partial charge is 0.310 e. The summed E-state index contributed by atoms with van der Waals surface area (Å²) in [7, 11) is 0. The van der Waals surface area contributed by atoms with Crippen molar-refractivity contribution in [3.8, 4) is 0 Å². The van der Waals surface area contributed by atoms with Crippen molar-refractivity contribution >= 4 is 29.4 Å². The molecule has 0 aliphatic carbocycles. The molecule has 0 radical (unpaired) electrons. The highest BCUT2D eigenvalue weighted by Crippen LogP contribution is 2.63. The molecular weight excluding hydrogens is 199 g/mol. The maximum absolute atomic E-state index is 11.2. The van der Waals surface area contributed by atoms with Gasteiger partial charge in [0.15, 0.2) is 0 Å². The SMILES string of the molecule is C=CCOP(=O)(S)SCC=C. The standard InChI is InChI=1S/C6H11O2PS2/c1-3-5-8-9(7,10)11-6-4-2/h3-4H,1-2,5-6H2,(H,7,10). The molecule has 0 bridgehead atoms. The fraction of sp³-hybridized carbons (Fsp3) is 0.333. The minimum atomic E-state index is -2.76. The highest BCUT2D eigenvalue weighted by molar-refractivity contribution is 8.84. The van der Waals surface area contributed by atoms with Crippen molar-refractivity contribution in [2.75, 3.05) is 12.4 Å². The van der Waals surface area contributed by atoms with Gasteiger partial charge in [0.25, 0.3) is 0 Å². The summed E-state index contributed by atoms with van der Waals surface area (Å²) in [5, 5.41) is 0. The molecule has 2 nitrogen and oxygen atoms in total. The minimum absolute atomic E-state index is 0.269. The second-order valence-corrected chi connectivity index (χ2v) is 8.03. The van der Waals surface area contributed by atoms with Gasteiger partial charge < -0.3 is 4.52 Å². The lowest BCUT2D eigenvalue weighted by Crippen LogP contribution is -1.81. The van der Waals surface area contributed by atoms with E-state index in [4.69, 9.17) is 4.52 Å². The molecule has 11 heavy (non-hydrogen) atoms. The zero-order chi connectivity index (χ0) is 8.74. The monoisotopic (exact) mass is 210 g/mol. The molecule has 0 aliphatic heterocycles. The van der Waals surface area contributed by atoms with Crippen LogP contribution in [0.15, 0.2) is 25.3 Å². The Bertz CT molecular complexity index is 165. The Morgan fingerprint density at radius 1 is 1.55 bits per heavy atom. The van der Waals surface area contributed by atoms with Gasteiger partial charge in [-0.2, -0.15) is 0 Å². The molecule has 0 fully saturated rings. The van der Waals surface area contributed by atoms with E-state index in [2.05, 4.69) is 25.4 Å². The summed E-state index contributed by atoms with van der Waals surface area (Å²) in [6.45, 7) is 7.20. The van der Waals surface area contributed by atoms with Crippen LogP contribution in [0.1, 0.15) is 0 Å². The average Bonchev–Trinajstić information content (AvgIpc) is 1.97. The molecule has 0 spiro atoms. The minimum Gasteiger partial charge on any atom is -0.310 e. The normalized spacial score (nSPS) is 15.4. The van der Waals surface area contributed by atoms with Crippen molar-refractivity contribution < 1.29 is 9.09 Å². The van der Waals surface area contributed by atoms with E-state index >= 15 is 0 Å². The molecule has 64 valence electrons. The van der Waals surface area contributed by atoms with Crippen molar-refractivity contribution in [2.45, 2.75) is 0 Å². The number of hydrogen-bond donors (Lipinski definition) is 1. The molecule has 0 amide bonds. The van der Waals surface area contributed by atoms with Gasteiger partial charge >= 0.3 is 5.77 Å². The van der Waals surface area contributed by atoms with Gasteiger partial charge in [-0.25, -0.2) is 0 Å². The lowest BCUT2D eigenvalue weighted by molar-refractivity contribution is 0.379. The van der Waals surface area contributed by atoms with Crippen LogP contribution in [0, 0.1) is 0 Å². The van der Waals surface area contributed by atoms with Gasteiger partial charge in [0.2, 0.25) is 0 Å². The predicted molar refractivity (Wildman–Crippen MR) is 55.4 cm³/mol. The van der Waals surface area contributed by atoms with Gasteiger partial charge in [-0.05, 0) is 0 Å². The molecule has 0 aromatic heterocycles. The third kappa shape index (κ3) is 6.76. The fourth-order valence-electron chi connectivity index (χ4n) is 0.331. The summed E-state index contributed by atoms with van der Waals surface area (Å²) in [4.78, 5) is 0. The molecule has 0 aromatic rings. The molecule has 1 unspecified atom stereocenters. The molecule has 0 saturated heterocycles. The van der Waals surface area contributed by atoms with Crippen LogP contribution < -0.4 is 0 Å². The van der Waals surface area contributed by atoms with Gasteiger partial charge in [-0.15, -0.1) is 13.2 Å². The first-order valence-corrected chi connectivity index (χ1v) is 7.33. The van der Waals surface area contributed by atoms with Gasteiger partial charge in [-0.3, -0.25) is 4.57 Å². The summed E-state index contributed by atoms with van der Waals surface area (Å²) in [5.41, 5.74) is 0. The van der Waals surface area contributed by atoms with Crippen LogP contribution in [0.25, 0.3) is 0 Å². The first-order chi connectivity index (χ1) is 5.12. The van der Waals surface area contributed by atoms with Crippen LogP contribution >= 0.6 is 29.4 Å². The topological polar surface area (TPSA) is 26.3 Å². The van der Waals surface area contributed by atoms with E-state index in [0.29, 0.717) is 5.75 Å². The van der Waals surface area contributed by atoms with E-state index in [1.54, 1.807) is 6.08 Å². The molecule has 0 rings (SSSR count). The van der Waals surface area contributed by atoms with Crippen LogP contribution in [0.4, 0.5) is 0 Å². The number of hydrogen-bond acceptors (Lipinski definition) is 3. The molecule has 0 aromatic carbocycles. The summed E-state index contributed by atoms with van der Waals surface area (Å²) in [6, 6.07) is 0. The van der Waals surface area contributed by atoms with Crippen molar-refractivity contribution in [1.82, 2.24) is 0 Å². The first-order valence-electron chi connectivity index (χ1n) is 2.96. The van der Waals surface area contributed by atoms with E-state index < -0.39 is 5.77 Å². The summed E-state index contributed by atoms with van der Waals surface area (Å²) in [6.07, 6.45) is 3.20. The van der Waals surface area contributed by atoms with Crippen LogP contribution in [-0.4, -0.2) is 12.4 Å². The van der Waals surface area contributed by atoms with E-state index in [0.717, 1.165) is 11.4 Å². The lowest BCUT2D eigenvalue weighted by atomic mass is 10.7. The van der Waals surface area contributed by atoms with E-state index in [-0.39, 0.29) is 6.61 Å². The van der Waals surface area contributed by atoms with Crippen LogP contribution in [0.2, 0.25) is 0 Å². The van der Waals surface area contributed by atoms with E-state index in [1.165, 1.54) is 6.08 Å². The van der Waals surface area contributed by atoms with Gasteiger partial charge in [0.05, 0.1) is 6.61 Å². The Kier molecular flexibility index (Phi) is 6.15. The van der Waals surface area contributed by atoms with Gasteiger partial charge in [-0.1, -0.05) is 35.8 Å². The van der Waals surface area contributed by atoms with Crippen molar-refractivity contribution in [1.29, 1.82) is 0 Å². The van der Waals surface area contributed by atoms with Crippen LogP contribution in [-0.2, 0) is 9.09 Å². The molecule has 5 heteroatoms. The second kappa shape index (κ2) is 5.95. The molecule has 0 heterocycles.